The summed E-state index contributed by atoms with van der Waals surface area (Å²) in [5.41, 5.74) is 2.65. The van der Waals surface area contributed by atoms with E-state index in [0.29, 0.717) is 0 Å². The molecule has 0 radical (unpaired) electrons. The van der Waals surface area contributed by atoms with Crippen molar-refractivity contribution in [1.29, 1.82) is 0 Å². The zero-order chi connectivity index (χ0) is 11.1. The number of unbranched alkanes of at least 4 members (excludes halogenated alkanes) is 3. The van der Waals surface area contributed by atoms with Gasteiger partial charge in [0.1, 0.15) is 5.76 Å². The molecule has 0 amide bonds. The third kappa shape index (κ3) is 4.37. The number of rotatable bonds is 6. The molecule has 1 heterocycles. The first-order valence-electron chi connectivity index (χ1n) is 5.95. The molecule has 0 aromatic carbocycles. The van der Waals surface area contributed by atoms with Crippen molar-refractivity contribution in [1.82, 2.24) is 0 Å². The molecule has 0 atom stereocenters. The van der Waals surface area contributed by atoms with E-state index in [9.17, 15) is 0 Å². The molecule has 0 saturated carbocycles. The van der Waals surface area contributed by atoms with Gasteiger partial charge in [-0.05, 0) is 44.4 Å². The van der Waals surface area contributed by atoms with E-state index < -0.39 is 0 Å². The van der Waals surface area contributed by atoms with Crippen LogP contribution in [0.3, 0.4) is 0 Å². The second-order valence-corrected chi connectivity index (χ2v) is 4.27. The van der Waals surface area contributed by atoms with Crippen LogP contribution in [-0.2, 0) is 0 Å². The highest BCUT2D eigenvalue weighted by atomic mass is 16.3. The lowest BCUT2D eigenvalue weighted by Crippen LogP contribution is -1.81. The summed E-state index contributed by atoms with van der Waals surface area (Å²) in [7, 11) is 0. The summed E-state index contributed by atoms with van der Waals surface area (Å²) in [5, 5.41) is 0. The molecule has 0 aliphatic carbocycles. The van der Waals surface area contributed by atoms with Gasteiger partial charge in [-0.2, -0.15) is 0 Å². The van der Waals surface area contributed by atoms with Crippen molar-refractivity contribution in [2.24, 2.45) is 0 Å². The van der Waals surface area contributed by atoms with E-state index in [1.54, 1.807) is 6.26 Å². The highest BCUT2D eigenvalue weighted by Gasteiger charge is 1.98. The van der Waals surface area contributed by atoms with E-state index in [2.05, 4.69) is 26.8 Å². The molecule has 0 unspecified atom stereocenters. The van der Waals surface area contributed by atoms with Gasteiger partial charge >= 0.3 is 0 Å². The van der Waals surface area contributed by atoms with Crippen molar-refractivity contribution in [3.05, 3.63) is 29.2 Å². The molecule has 0 fully saturated rings. The third-order valence-corrected chi connectivity index (χ3v) is 2.70. The Bertz CT molecular complexity index is 307. The average molecular weight is 206 g/mol. The fourth-order valence-corrected chi connectivity index (χ4v) is 1.66. The molecule has 0 aliphatic heterocycles. The fraction of sp³-hybridized carbons (Fsp3) is 0.571. The third-order valence-electron chi connectivity index (χ3n) is 2.70. The predicted molar refractivity (Wildman–Crippen MR) is 65.9 cm³/mol. The van der Waals surface area contributed by atoms with Crippen LogP contribution in [0.25, 0.3) is 6.08 Å². The molecule has 0 bridgehead atoms. The van der Waals surface area contributed by atoms with E-state index in [4.69, 9.17) is 4.42 Å². The molecule has 1 rings (SSSR count). The molecule has 84 valence electrons. The highest BCUT2D eigenvalue weighted by molar-refractivity contribution is 5.50. The van der Waals surface area contributed by atoms with Gasteiger partial charge in [0, 0.05) is 0 Å². The number of aryl methyl sites for hydroxylation is 1. The van der Waals surface area contributed by atoms with Crippen LogP contribution in [0.2, 0.25) is 0 Å². The lowest BCUT2D eigenvalue weighted by atomic mass is 10.1. The normalized spacial score (nSPS) is 12.1. The zero-order valence-corrected chi connectivity index (χ0v) is 10.2. The van der Waals surface area contributed by atoms with Crippen LogP contribution in [0.4, 0.5) is 0 Å². The molecule has 1 heteroatoms. The Morgan fingerprint density at radius 1 is 1.33 bits per heavy atom. The molecule has 1 aromatic heterocycles. The quantitative estimate of drug-likeness (QED) is 0.599. The second kappa shape index (κ2) is 6.49. The fourth-order valence-electron chi connectivity index (χ4n) is 1.66. The van der Waals surface area contributed by atoms with Crippen LogP contribution >= 0.6 is 0 Å². The van der Waals surface area contributed by atoms with Gasteiger partial charge in [-0.3, -0.25) is 0 Å². The summed E-state index contributed by atoms with van der Waals surface area (Å²) in [6.45, 7) is 6.52. The van der Waals surface area contributed by atoms with E-state index >= 15 is 0 Å². The van der Waals surface area contributed by atoms with Gasteiger partial charge in [0.2, 0.25) is 0 Å². The summed E-state index contributed by atoms with van der Waals surface area (Å²) >= 11 is 0. The minimum Gasteiger partial charge on any atom is -0.465 e. The average Bonchev–Trinajstić information content (AvgIpc) is 2.59. The maximum absolute atomic E-state index is 5.39. The van der Waals surface area contributed by atoms with Crippen molar-refractivity contribution in [2.75, 3.05) is 0 Å². The van der Waals surface area contributed by atoms with Gasteiger partial charge in [-0.1, -0.05) is 31.8 Å². The van der Waals surface area contributed by atoms with E-state index in [-0.39, 0.29) is 0 Å². The standard InChI is InChI=1S/C14H22O/c1-4-5-6-7-8-12(2)11-14-13(3)9-10-15-14/h9-11H,4-8H2,1-3H3/b12-11-. The smallest absolute Gasteiger partial charge is 0.129 e. The van der Waals surface area contributed by atoms with Gasteiger partial charge < -0.3 is 4.42 Å². The minimum absolute atomic E-state index is 1.02. The van der Waals surface area contributed by atoms with Gasteiger partial charge in [-0.25, -0.2) is 0 Å². The van der Waals surface area contributed by atoms with Crippen molar-refractivity contribution in [2.45, 2.75) is 52.9 Å². The topological polar surface area (TPSA) is 13.1 Å². The number of hydrogen-bond acceptors (Lipinski definition) is 1. The van der Waals surface area contributed by atoms with Crippen molar-refractivity contribution in [3.63, 3.8) is 0 Å². The van der Waals surface area contributed by atoms with E-state index in [1.165, 1.54) is 43.2 Å². The minimum atomic E-state index is 1.02. The van der Waals surface area contributed by atoms with Crippen LogP contribution in [-0.4, -0.2) is 0 Å². The number of furan rings is 1. The second-order valence-electron chi connectivity index (χ2n) is 4.27. The molecule has 0 N–H and O–H groups in total. The summed E-state index contributed by atoms with van der Waals surface area (Å²) < 4.78 is 5.39. The Hall–Kier alpha value is -0.980. The van der Waals surface area contributed by atoms with Crippen LogP contribution in [0.1, 0.15) is 57.3 Å². The van der Waals surface area contributed by atoms with Gasteiger partial charge in [0.05, 0.1) is 6.26 Å². The number of hydrogen-bond donors (Lipinski definition) is 0. The maximum Gasteiger partial charge on any atom is 0.129 e. The van der Waals surface area contributed by atoms with Crippen LogP contribution in [0, 0.1) is 6.92 Å². The van der Waals surface area contributed by atoms with E-state index in [0.717, 1.165) is 5.76 Å². The predicted octanol–water partition coefficient (Wildman–Crippen LogP) is 4.96. The zero-order valence-electron chi connectivity index (χ0n) is 10.2. The summed E-state index contributed by atoms with van der Waals surface area (Å²) in [6, 6.07) is 2.01. The molecule has 1 aromatic rings. The van der Waals surface area contributed by atoms with Crippen LogP contribution in [0.15, 0.2) is 22.3 Å². The Labute approximate surface area is 93.2 Å². The highest BCUT2D eigenvalue weighted by Crippen LogP contribution is 2.16. The molecule has 0 spiro atoms. The molecular weight excluding hydrogens is 184 g/mol. The lowest BCUT2D eigenvalue weighted by molar-refractivity contribution is 0.554. The first-order chi connectivity index (χ1) is 7.24. The molecule has 15 heavy (non-hydrogen) atoms. The Balaban J connectivity index is 2.36. The summed E-state index contributed by atoms with van der Waals surface area (Å²) in [5.74, 6) is 1.02. The van der Waals surface area contributed by atoms with Crippen molar-refractivity contribution >= 4 is 6.08 Å². The van der Waals surface area contributed by atoms with Crippen molar-refractivity contribution < 1.29 is 4.42 Å². The van der Waals surface area contributed by atoms with Crippen molar-refractivity contribution in [3.8, 4) is 0 Å². The monoisotopic (exact) mass is 206 g/mol. The summed E-state index contributed by atoms with van der Waals surface area (Å²) in [4.78, 5) is 0. The Morgan fingerprint density at radius 2 is 2.13 bits per heavy atom. The first kappa shape index (κ1) is 12.1. The maximum atomic E-state index is 5.39. The largest absolute Gasteiger partial charge is 0.465 e. The molecule has 1 nitrogen and oxygen atoms in total. The molecular formula is C14H22O. The summed E-state index contributed by atoms with van der Waals surface area (Å²) in [6.07, 6.45) is 10.4. The van der Waals surface area contributed by atoms with E-state index in [1.807, 2.05) is 6.07 Å². The SMILES string of the molecule is CCCCCC/C(C)=C\c1occc1C. The van der Waals surface area contributed by atoms with Gasteiger partial charge in [-0.15, -0.1) is 0 Å². The Kier molecular flexibility index (Phi) is 5.23. The van der Waals surface area contributed by atoms with Crippen LogP contribution < -0.4 is 0 Å². The lowest BCUT2D eigenvalue weighted by Gasteiger charge is -2.00. The van der Waals surface area contributed by atoms with Gasteiger partial charge in [0.15, 0.2) is 0 Å². The first-order valence-corrected chi connectivity index (χ1v) is 5.95. The van der Waals surface area contributed by atoms with Gasteiger partial charge in [0.25, 0.3) is 0 Å². The molecule has 0 aliphatic rings. The molecule has 0 saturated heterocycles. The van der Waals surface area contributed by atoms with Crippen LogP contribution in [0.5, 0.6) is 0 Å². The number of allylic oxidation sites excluding steroid dienone is 1. The Morgan fingerprint density at radius 3 is 2.73 bits per heavy atom.